The molecule has 0 fully saturated rings. The Morgan fingerprint density at radius 1 is 1.03 bits per heavy atom. The third kappa shape index (κ3) is 2.69. The zero-order chi connectivity index (χ0) is 20.8. The Morgan fingerprint density at radius 3 is 2.67 bits per heavy atom. The molecule has 0 aliphatic carbocycles. The zero-order valence-corrected chi connectivity index (χ0v) is 16.5. The van der Waals surface area contributed by atoms with Crippen molar-refractivity contribution in [2.75, 3.05) is 12.0 Å². The van der Waals surface area contributed by atoms with Crippen molar-refractivity contribution < 1.29 is 13.9 Å². The number of carbonyl (C=O) groups excluding carboxylic acids is 1. The fourth-order valence-corrected chi connectivity index (χ4v) is 3.93. The molecule has 1 aliphatic rings. The van der Waals surface area contributed by atoms with Crippen molar-refractivity contribution >= 4 is 22.7 Å². The molecule has 0 unspecified atom stereocenters. The molecule has 1 amide bonds. The van der Waals surface area contributed by atoms with E-state index in [0.29, 0.717) is 28.1 Å². The van der Waals surface area contributed by atoms with Gasteiger partial charge in [-0.2, -0.15) is 0 Å². The van der Waals surface area contributed by atoms with Gasteiger partial charge in [-0.25, -0.2) is 4.98 Å². The van der Waals surface area contributed by atoms with Gasteiger partial charge < -0.3 is 9.15 Å². The molecule has 1 aliphatic heterocycles. The van der Waals surface area contributed by atoms with Crippen molar-refractivity contribution in [3.63, 3.8) is 0 Å². The van der Waals surface area contributed by atoms with Crippen LogP contribution in [0.1, 0.15) is 33.3 Å². The molecule has 0 saturated carbocycles. The second-order valence-corrected chi connectivity index (χ2v) is 7.22. The molecule has 0 saturated heterocycles. The number of rotatable bonds is 3. The van der Waals surface area contributed by atoms with Crippen LogP contribution in [0.5, 0.6) is 5.75 Å². The van der Waals surface area contributed by atoms with Gasteiger partial charge in [0, 0.05) is 6.20 Å². The van der Waals surface area contributed by atoms with E-state index in [4.69, 9.17) is 9.15 Å². The van der Waals surface area contributed by atoms with Crippen LogP contribution in [0.25, 0.3) is 11.0 Å². The van der Waals surface area contributed by atoms with Crippen LogP contribution in [0.15, 0.2) is 76.1 Å². The topological polar surface area (TPSA) is 72.6 Å². The maximum atomic E-state index is 13.5. The molecule has 148 valence electrons. The predicted molar refractivity (Wildman–Crippen MR) is 113 cm³/mol. The molecule has 30 heavy (non-hydrogen) atoms. The van der Waals surface area contributed by atoms with Gasteiger partial charge in [0.05, 0.1) is 24.1 Å². The van der Waals surface area contributed by atoms with Crippen LogP contribution in [-0.2, 0) is 0 Å². The van der Waals surface area contributed by atoms with E-state index in [1.807, 2.05) is 43.3 Å². The van der Waals surface area contributed by atoms with Crippen LogP contribution in [0, 0.1) is 6.92 Å². The SMILES string of the molecule is COc1cccc([C@H]2c3c(oc4ccccc4c3=O)C(=O)N2c2cc(C)ccn2)c1. The predicted octanol–water partition coefficient (Wildman–Crippen LogP) is 4.25. The minimum atomic E-state index is -0.669. The lowest BCUT2D eigenvalue weighted by Crippen LogP contribution is -2.30. The first-order chi connectivity index (χ1) is 14.6. The van der Waals surface area contributed by atoms with Crippen molar-refractivity contribution in [3.05, 3.63) is 99.5 Å². The number of nitrogens with zero attached hydrogens (tertiary/aromatic N) is 2. The van der Waals surface area contributed by atoms with E-state index in [1.54, 1.807) is 37.6 Å². The Labute approximate surface area is 172 Å². The molecular formula is C24H18N2O4. The number of amides is 1. The largest absolute Gasteiger partial charge is 0.497 e. The maximum absolute atomic E-state index is 13.5. The second-order valence-electron chi connectivity index (χ2n) is 7.22. The van der Waals surface area contributed by atoms with Gasteiger partial charge >= 0.3 is 0 Å². The minimum Gasteiger partial charge on any atom is -0.497 e. The molecule has 0 radical (unpaired) electrons. The first kappa shape index (κ1) is 18.1. The van der Waals surface area contributed by atoms with Crippen LogP contribution in [-0.4, -0.2) is 18.0 Å². The van der Waals surface area contributed by atoms with Gasteiger partial charge in [-0.05, 0) is 54.4 Å². The van der Waals surface area contributed by atoms with Gasteiger partial charge in [0.15, 0.2) is 5.43 Å². The van der Waals surface area contributed by atoms with Crippen molar-refractivity contribution in [1.82, 2.24) is 4.98 Å². The van der Waals surface area contributed by atoms with E-state index >= 15 is 0 Å². The number of fused-ring (bicyclic) bond motifs is 2. The highest BCUT2D eigenvalue weighted by Gasteiger charge is 2.44. The molecule has 3 heterocycles. The number of benzene rings is 2. The minimum absolute atomic E-state index is 0.0508. The summed E-state index contributed by atoms with van der Waals surface area (Å²) >= 11 is 0. The van der Waals surface area contributed by atoms with Crippen LogP contribution in [0.2, 0.25) is 0 Å². The van der Waals surface area contributed by atoms with Crippen molar-refractivity contribution in [2.24, 2.45) is 0 Å². The van der Waals surface area contributed by atoms with Gasteiger partial charge in [0.25, 0.3) is 5.91 Å². The molecule has 0 N–H and O–H groups in total. The molecular weight excluding hydrogens is 380 g/mol. The molecule has 4 aromatic rings. The summed E-state index contributed by atoms with van der Waals surface area (Å²) in [6.45, 7) is 1.93. The normalized spacial score (nSPS) is 15.5. The quantitative estimate of drug-likeness (QED) is 0.516. The van der Waals surface area contributed by atoms with Gasteiger partial charge in [0.1, 0.15) is 17.2 Å². The van der Waals surface area contributed by atoms with E-state index in [2.05, 4.69) is 4.98 Å². The fourth-order valence-electron chi connectivity index (χ4n) is 3.93. The number of aryl methyl sites for hydroxylation is 1. The monoisotopic (exact) mass is 398 g/mol. The second kappa shape index (κ2) is 6.84. The molecule has 2 aromatic carbocycles. The number of ether oxygens (including phenoxy) is 1. The standard InChI is InChI=1S/C24H18N2O4/c1-14-10-11-25-19(12-14)26-21(15-6-5-7-16(13-15)29-2)20-22(27)17-8-3-4-9-18(17)30-23(20)24(26)28/h3-13,21H,1-2H3/t21-/m0/s1. The Balaban J connectivity index is 1.82. The zero-order valence-electron chi connectivity index (χ0n) is 16.5. The molecule has 6 heteroatoms. The van der Waals surface area contributed by atoms with Gasteiger partial charge in [-0.1, -0.05) is 24.3 Å². The number of anilines is 1. The van der Waals surface area contributed by atoms with Crippen LogP contribution >= 0.6 is 0 Å². The smallest absolute Gasteiger partial charge is 0.296 e. The first-order valence-corrected chi connectivity index (χ1v) is 9.54. The van der Waals surface area contributed by atoms with Crippen molar-refractivity contribution in [3.8, 4) is 5.75 Å². The van der Waals surface area contributed by atoms with E-state index in [1.165, 1.54) is 4.90 Å². The van der Waals surface area contributed by atoms with E-state index in [-0.39, 0.29) is 11.2 Å². The average molecular weight is 398 g/mol. The number of methoxy groups -OCH3 is 1. The number of pyridine rings is 1. The lowest BCUT2D eigenvalue weighted by molar-refractivity contribution is 0.0970. The van der Waals surface area contributed by atoms with Gasteiger partial charge in [0.2, 0.25) is 5.76 Å². The Hall–Kier alpha value is -3.93. The maximum Gasteiger partial charge on any atom is 0.296 e. The highest BCUT2D eigenvalue weighted by atomic mass is 16.5. The first-order valence-electron chi connectivity index (χ1n) is 9.54. The molecule has 0 bridgehead atoms. The van der Waals surface area contributed by atoms with Gasteiger partial charge in [-0.3, -0.25) is 14.5 Å². The summed E-state index contributed by atoms with van der Waals surface area (Å²) in [4.78, 5) is 32.8. The lowest BCUT2D eigenvalue weighted by atomic mass is 9.98. The number of carbonyl (C=O) groups is 1. The average Bonchev–Trinajstić information content (AvgIpc) is 3.06. The summed E-state index contributed by atoms with van der Waals surface area (Å²) in [6, 6.07) is 17.3. The summed E-state index contributed by atoms with van der Waals surface area (Å²) in [5.41, 5.74) is 2.18. The highest BCUT2D eigenvalue weighted by Crippen LogP contribution is 2.41. The summed E-state index contributed by atoms with van der Waals surface area (Å²) < 4.78 is 11.3. The number of aromatic nitrogens is 1. The van der Waals surface area contributed by atoms with Crippen LogP contribution in [0.4, 0.5) is 5.82 Å². The summed E-state index contributed by atoms with van der Waals surface area (Å²) in [5, 5.41) is 0.441. The molecule has 6 nitrogen and oxygen atoms in total. The fraction of sp³-hybridized carbons (Fsp3) is 0.125. The third-order valence-electron chi connectivity index (χ3n) is 5.33. The summed E-state index contributed by atoms with van der Waals surface area (Å²) in [5.74, 6) is 0.756. The Bertz CT molecular complexity index is 1360. The molecule has 5 rings (SSSR count). The molecule has 2 aromatic heterocycles. The van der Waals surface area contributed by atoms with E-state index in [9.17, 15) is 9.59 Å². The Kier molecular flexibility index (Phi) is 4.13. The number of para-hydroxylation sites is 1. The van der Waals surface area contributed by atoms with Crippen LogP contribution < -0.4 is 15.1 Å². The number of hydrogen-bond donors (Lipinski definition) is 0. The highest BCUT2D eigenvalue weighted by molar-refractivity contribution is 6.10. The molecule has 1 atom stereocenters. The van der Waals surface area contributed by atoms with Crippen molar-refractivity contribution in [1.29, 1.82) is 0 Å². The molecule has 0 spiro atoms. The van der Waals surface area contributed by atoms with Gasteiger partial charge in [-0.15, -0.1) is 0 Å². The lowest BCUT2D eigenvalue weighted by Gasteiger charge is -2.24. The summed E-state index contributed by atoms with van der Waals surface area (Å²) in [7, 11) is 1.58. The van der Waals surface area contributed by atoms with E-state index < -0.39 is 11.9 Å². The van der Waals surface area contributed by atoms with Crippen LogP contribution in [0.3, 0.4) is 0 Å². The van der Waals surface area contributed by atoms with Crippen molar-refractivity contribution in [2.45, 2.75) is 13.0 Å². The Morgan fingerprint density at radius 2 is 1.87 bits per heavy atom. The summed E-state index contributed by atoms with van der Waals surface area (Å²) in [6.07, 6.45) is 1.65. The number of hydrogen-bond acceptors (Lipinski definition) is 5. The third-order valence-corrected chi connectivity index (χ3v) is 5.33. The van der Waals surface area contributed by atoms with E-state index in [0.717, 1.165) is 11.1 Å².